The highest BCUT2D eigenvalue weighted by molar-refractivity contribution is 9.10. The molecule has 0 spiro atoms. The summed E-state index contributed by atoms with van der Waals surface area (Å²) in [5.74, 6) is 6.88. The van der Waals surface area contributed by atoms with E-state index in [9.17, 15) is 0 Å². The van der Waals surface area contributed by atoms with Crippen LogP contribution >= 0.6 is 28.3 Å². The number of hydrogen-bond acceptors (Lipinski definition) is 5. The molecule has 1 heterocycles. The maximum absolute atomic E-state index is 5.77. The van der Waals surface area contributed by atoms with E-state index in [1.54, 1.807) is 6.21 Å². The van der Waals surface area contributed by atoms with Crippen LogP contribution in [0.3, 0.4) is 0 Å². The Balaban J connectivity index is 0.00000180. The number of hydrazone groups is 1. The minimum atomic E-state index is 0. The largest absolute Gasteiger partial charge is 0.335 e. The molecule has 2 rings (SSSR count). The molecule has 0 fully saturated rings. The first-order valence-electron chi connectivity index (χ1n) is 5.44. The van der Waals surface area contributed by atoms with Crippen LogP contribution in [-0.2, 0) is 6.42 Å². The van der Waals surface area contributed by atoms with Crippen molar-refractivity contribution in [3.8, 4) is 0 Å². The lowest BCUT2D eigenvalue weighted by atomic mass is 10.2. The zero-order valence-corrected chi connectivity index (χ0v) is 12.6. The monoisotopic (exact) mass is 344 g/mol. The molecule has 0 amide bonds. The van der Waals surface area contributed by atoms with Gasteiger partial charge >= 0.3 is 0 Å². The number of halogens is 2. The van der Waals surface area contributed by atoms with Gasteiger partial charge in [-0.3, -0.25) is 0 Å². The Bertz CT molecular complexity index is 568. The zero-order valence-electron chi connectivity index (χ0n) is 10.2. The van der Waals surface area contributed by atoms with Gasteiger partial charge in [-0.2, -0.15) is 5.10 Å². The van der Waals surface area contributed by atoms with E-state index < -0.39 is 0 Å². The van der Waals surface area contributed by atoms with Gasteiger partial charge in [-0.05, 0) is 17.7 Å². The van der Waals surface area contributed by atoms with Crippen LogP contribution in [0.25, 0.3) is 0 Å². The van der Waals surface area contributed by atoms with Crippen LogP contribution in [0, 0.1) is 0 Å². The molecule has 19 heavy (non-hydrogen) atoms. The van der Waals surface area contributed by atoms with Crippen LogP contribution in [0.1, 0.15) is 18.3 Å². The highest BCUT2D eigenvalue weighted by atomic mass is 79.9. The van der Waals surface area contributed by atoms with Crippen molar-refractivity contribution in [1.82, 2.24) is 14.9 Å². The molecule has 1 aromatic heterocycles. The molecular formula is C11H14BrClN6. The molecule has 0 unspecified atom stereocenters. The molecule has 1 aromatic carbocycles. The Morgan fingerprint density at radius 2 is 2.26 bits per heavy atom. The van der Waals surface area contributed by atoms with Crippen molar-refractivity contribution >= 4 is 40.5 Å². The van der Waals surface area contributed by atoms with Gasteiger partial charge in [0.05, 0.1) is 6.21 Å². The van der Waals surface area contributed by atoms with Crippen molar-refractivity contribution in [2.24, 2.45) is 5.10 Å². The summed E-state index contributed by atoms with van der Waals surface area (Å²) < 4.78 is 2.39. The molecule has 6 nitrogen and oxygen atoms in total. The van der Waals surface area contributed by atoms with Gasteiger partial charge in [0.2, 0.25) is 0 Å². The molecule has 102 valence electrons. The highest BCUT2D eigenvalue weighted by Crippen LogP contribution is 2.10. The summed E-state index contributed by atoms with van der Waals surface area (Å²) in [6, 6.07) is 7.79. The second-order valence-corrected chi connectivity index (χ2v) is 4.50. The molecular weight excluding hydrogens is 332 g/mol. The zero-order chi connectivity index (χ0) is 13.0. The van der Waals surface area contributed by atoms with Gasteiger partial charge in [-0.1, -0.05) is 35.0 Å². The highest BCUT2D eigenvalue weighted by Gasteiger charge is 2.05. The molecule has 0 aliphatic heterocycles. The lowest BCUT2D eigenvalue weighted by molar-refractivity contribution is 0.855. The number of rotatable bonds is 4. The van der Waals surface area contributed by atoms with Gasteiger partial charge in [0.15, 0.2) is 5.82 Å². The van der Waals surface area contributed by atoms with E-state index in [1.807, 2.05) is 31.2 Å². The molecule has 8 heteroatoms. The van der Waals surface area contributed by atoms with E-state index in [2.05, 4.69) is 36.7 Å². The number of nitrogens with two attached hydrogens (primary N) is 1. The van der Waals surface area contributed by atoms with Crippen LogP contribution in [0.2, 0.25) is 0 Å². The summed E-state index contributed by atoms with van der Waals surface area (Å²) in [5.41, 5.74) is 3.72. The van der Waals surface area contributed by atoms with Gasteiger partial charge in [0, 0.05) is 10.9 Å². The van der Waals surface area contributed by atoms with Crippen molar-refractivity contribution in [1.29, 1.82) is 0 Å². The Morgan fingerprint density at radius 1 is 1.47 bits per heavy atom. The van der Waals surface area contributed by atoms with Crippen LogP contribution < -0.4 is 11.3 Å². The first-order chi connectivity index (χ1) is 8.70. The maximum Gasteiger partial charge on any atom is 0.263 e. The Hall–Kier alpha value is -1.60. The quantitative estimate of drug-likeness (QED) is 0.505. The predicted molar refractivity (Wildman–Crippen MR) is 82.2 cm³/mol. The fourth-order valence-corrected chi connectivity index (χ4v) is 1.81. The van der Waals surface area contributed by atoms with Crippen LogP contribution in [0.5, 0.6) is 0 Å². The van der Waals surface area contributed by atoms with Crippen molar-refractivity contribution in [2.45, 2.75) is 13.3 Å². The smallest absolute Gasteiger partial charge is 0.263 e. The summed E-state index contributed by atoms with van der Waals surface area (Å²) in [7, 11) is 0. The molecule has 0 saturated heterocycles. The van der Waals surface area contributed by atoms with Gasteiger partial charge in [0.1, 0.15) is 0 Å². The summed E-state index contributed by atoms with van der Waals surface area (Å²) in [6.07, 6.45) is 2.41. The van der Waals surface area contributed by atoms with E-state index in [0.29, 0.717) is 11.8 Å². The van der Waals surface area contributed by atoms with Crippen LogP contribution in [0.4, 0.5) is 5.95 Å². The molecule has 0 radical (unpaired) electrons. The second-order valence-electron chi connectivity index (χ2n) is 3.59. The molecule has 2 aromatic rings. The first kappa shape index (κ1) is 15.5. The number of anilines is 1. The van der Waals surface area contributed by atoms with Crippen molar-refractivity contribution < 1.29 is 0 Å². The average molecular weight is 346 g/mol. The van der Waals surface area contributed by atoms with Crippen LogP contribution in [0.15, 0.2) is 33.8 Å². The fraction of sp³-hybridized carbons (Fsp3) is 0.182. The molecule has 0 aliphatic carbocycles. The molecule has 0 saturated carbocycles. The summed E-state index contributed by atoms with van der Waals surface area (Å²) in [5, 5.41) is 11.9. The molecule has 0 atom stereocenters. The standard InChI is InChI=1S/C11H13BrN6.ClH/c1-2-10-15-17-11(18(10)13)16-14-7-8-4-3-5-9(12)6-8;/h3-7H,2,13H2,1H3,(H,16,17);1H/b14-7+;. The number of aryl methyl sites for hydroxylation is 1. The number of benzene rings is 1. The number of nitrogens with one attached hydrogen (secondary N) is 1. The van der Waals surface area contributed by atoms with Crippen molar-refractivity contribution in [2.75, 3.05) is 11.3 Å². The fourth-order valence-electron chi connectivity index (χ4n) is 1.39. The molecule has 0 bridgehead atoms. The maximum atomic E-state index is 5.77. The lowest BCUT2D eigenvalue weighted by Crippen LogP contribution is -2.14. The predicted octanol–water partition coefficient (Wildman–Crippen LogP) is 2.18. The van der Waals surface area contributed by atoms with Gasteiger partial charge in [-0.25, -0.2) is 10.1 Å². The molecule has 0 aliphatic rings. The minimum absolute atomic E-state index is 0. The minimum Gasteiger partial charge on any atom is -0.335 e. The third kappa shape index (κ3) is 3.93. The number of nitrogen functional groups attached to an aromatic ring is 1. The number of aromatic nitrogens is 3. The Kier molecular flexibility index (Phi) is 5.78. The third-order valence-corrected chi connectivity index (χ3v) is 2.80. The van der Waals surface area contributed by atoms with Crippen molar-refractivity contribution in [3.63, 3.8) is 0 Å². The number of hydrogen-bond donors (Lipinski definition) is 2. The summed E-state index contributed by atoms with van der Waals surface area (Å²) >= 11 is 3.39. The third-order valence-electron chi connectivity index (χ3n) is 2.31. The Labute approximate surface area is 125 Å². The lowest BCUT2D eigenvalue weighted by Gasteiger charge is -2.00. The van der Waals surface area contributed by atoms with Gasteiger partial charge < -0.3 is 5.84 Å². The number of nitrogens with zero attached hydrogens (tertiary/aromatic N) is 4. The van der Waals surface area contributed by atoms with Crippen molar-refractivity contribution in [3.05, 3.63) is 40.1 Å². The normalized spacial score (nSPS) is 10.4. The SMILES string of the molecule is CCc1nnc(N/N=C/c2cccc(Br)c2)n1N.Cl. The topological polar surface area (TPSA) is 81.1 Å². The average Bonchev–Trinajstić information content (AvgIpc) is 2.71. The van der Waals surface area contributed by atoms with E-state index in [0.717, 1.165) is 16.5 Å². The van der Waals surface area contributed by atoms with Gasteiger partial charge in [-0.15, -0.1) is 22.6 Å². The van der Waals surface area contributed by atoms with E-state index in [-0.39, 0.29) is 12.4 Å². The van der Waals surface area contributed by atoms with E-state index >= 15 is 0 Å². The first-order valence-corrected chi connectivity index (χ1v) is 6.24. The van der Waals surface area contributed by atoms with E-state index in [1.165, 1.54) is 4.68 Å². The second kappa shape index (κ2) is 7.10. The Morgan fingerprint density at radius 3 is 2.89 bits per heavy atom. The summed E-state index contributed by atoms with van der Waals surface area (Å²) in [6.45, 7) is 1.96. The van der Waals surface area contributed by atoms with Gasteiger partial charge in [0.25, 0.3) is 5.95 Å². The van der Waals surface area contributed by atoms with Crippen LogP contribution in [-0.4, -0.2) is 21.1 Å². The van der Waals surface area contributed by atoms with E-state index in [4.69, 9.17) is 5.84 Å². The molecule has 3 N–H and O–H groups in total. The summed E-state index contributed by atoms with van der Waals surface area (Å²) in [4.78, 5) is 0.